The van der Waals surface area contributed by atoms with Crippen LogP contribution in [0.5, 0.6) is 0 Å². The fraction of sp³-hybridized carbons (Fsp3) is 0.500. The Morgan fingerprint density at radius 3 is 2.94 bits per heavy atom. The standard InChI is InChI=1S/C14H17FOS/c1-10-3-2-4-13(7-10)17-14-6-5-12(15)8-11(14)9-16/h5-6,8-10,13H,2-4,7H2,1H3. The summed E-state index contributed by atoms with van der Waals surface area (Å²) in [6.45, 7) is 2.28. The highest BCUT2D eigenvalue weighted by Crippen LogP contribution is 2.37. The zero-order valence-electron chi connectivity index (χ0n) is 9.99. The van der Waals surface area contributed by atoms with Gasteiger partial charge < -0.3 is 0 Å². The van der Waals surface area contributed by atoms with Crippen LogP contribution in [0.4, 0.5) is 4.39 Å². The number of carbonyl (C=O) groups excluding carboxylic acids is 1. The number of rotatable bonds is 3. The molecule has 1 aromatic carbocycles. The second-order valence-corrected chi connectivity index (χ2v) is 6.15. The van der Waals surface area contributed by atoms with Crippen LogP contribution in [-0.4, -0.2) is 11.5 Å². The molecule has 0 amide bonds. The highest BCUT2D eigenvalue weighted by atomic mass is 32.2. The van der Waals surface area contributed by atoms with E-state index in [1.165, 1.54) is 37.8 Å². The molecule has 3 heteroatoms. The van der Waals surface area contributed by atoms with Gasteiger partial charge in [-0.2, -0.15) is 0 Å². The number of thioether (sulfide) groups is 1. The highest BCUT2D eigenvalue weighted by Gasteiger charge is 2.20. The minimum atomic E-state index is -0.339. The normalized spacial score (nSPS) is 24.6. The summed E-state index contributed by atoms with van der Waals surface area (Å²) in [5, 5.41) is 0.572. The van der Waals surface area contributed by atoms with Gasteiger partial charge in [-0.3, -0.25) is 4.79 Å². The van der Waals surface area contributed by atoms with E-state index in [1.54, 1.807) is 17.8 Å². The molecule has 0 bridgehead atoms. The van der Waals surface area contributed by atoms with Crippen LogP contribution in [0, 0.1) is 11.7 Å². The second kappa shape index (κ2) is 5.67. The molecule has 0 spiro atoms. The van der Waals surface area contributed by atoms with Gasteiger partial charge in [-0.25, -0.2) is 4.39 Å². The van der Waals surface area contributed by atoms with Gasteiger partial charge in [0.05, 0.1) is 0 Å². The predicted molar refractivity (Wildman–Crippen MR) is 69.1 cm³/mol. The third-order valence-electron chi connectivity index (χ3n) is 3.28. The van der Waals surface area contributed by atoms with Crippen molar-refractivity contribution in [2.24, 2.45) is 5.92 Å². The van der Waals surface area contributed by atoms with Crippen molar-refractivity contribution in [1.29, 1.82) is 0 Å². The zero-order valence-corrected chi connectivity index (χ0v) is 10.8. The van der Waals surface area contributed by atoms with Gasteiger partial charge in [-0.15, -0.1) is 11.8 Å². The minimum absolute atomic E-state index is 0.339. The lowest BCUT2D eigenvalue weighted by Gasteiger charge is -2.26. The average molecular weight is 252 g/mol. The monoisotopic (exact) mass is 252 g/mol. The Labute approximate surface area is 106 Å². The van der Waals surface area contributed by atoms with E-state index in [9.17, 15) is 9.18 Å². The predicted octanol–water partition coefficient (Wildman–Crippen LogP) is 4.31. The fourth-order valence-electron chi connectivity index (χ4n) is 2.38. The Morgan fingerprint density at radius 1 is 1.41 bits per heavy atom. The lowest BCUT2D eigenvalue weighted by atomic mass is 9.91. The zero-order chi connectivity index (χ0) is 12.3. The molecule has 1 fully saturated rings. The van der Waals surface area contributed by atoms with E-state index < -0.39 is 0 Å². The molecule has 1 nitrogen and oxygen atoms in total. The van der Waals surface area contributed by atoms with Crippen molar-refractivity contribution in [3.8, 4) is 0 Å². The Balaban J connectivity index is 2.09. The number of hydrogen-bond donors (Lipinski definition) is 0. The van der Waals surface area contributed by atoms with Gasteiger partial charge in [0, 0.05) is 15.7 Å². The van der Waals surface area contributed by atoms with Gasteiger partial charge >= 0.3 is 0 Å². The van der Waals surface area contributed by atoms with Crippen LogP contribution in [0.1, 0.15) is 43.0 Å². The average Bonchev–Trinajstić information content (AvgIpc) is 2.31. The Kier molecular flexibility index (Phi) is 4.21. The van der Waals surface area contributed by atoms with Crippen LogP contribution in [0.15, 0.2) is 23.1 Å². The van der Waals surface area contributed by atoms with Crippen LogP contribution in [-0.2, 0) is 0 Å². The molecule has 0 radical (unpaired) electrons. The largest absolute Gasteiger partial charge is 0.298 e. The van der Waals surface area contributed by atoms with Crippen molar-refractivity contribution in [2.45, 2.75) is 42.8 Å². The summed E-state index contributed by atoms with van der Waals surface area (Å²) in [6.07, 6.45) is 5.71. The summed E-state index contributed by atoms with van der Waals surface area (Å²) in [4.78, 5) is 11.8. The molecule has 0 saturated heterocycles. The van der Waals surface area contributed by atoms with Crippen molar-refractivity contribution in [3.05, 3.63) is 29.6 Å². The van der Waals surface area contributed by atoms with E-state index in [0.717, 1.165) is 17.1 Å². The first-order chi connectivity index (χ1) is 8.19. The third-order valence-corrected chi connectivity index (χ3v) is 4.67. The molecule has 1 aromatic rings. The summed E-state index contributed by atoms with van der Waals surface area (Å²) in [6, 6.07) is 4.48. The van der Waals surface area contributed by atoms with Gasteiger partial charge in [0.2, 0.25) is 0 Å². The topological polar surface area (TPSA) is 17.1 Å². The van der Waals surface area contributed by atoms with Gasteiger partial charge in [0.25, 0.3) is 0 Å². The van der Waals surface area contributed by atoms with Gasteiger partial charge in [-0.05, 0) is 37.0 Å². The molecule has 92 valence electrons. The summed E-state index contributed by atoms with van der Waals surface area (Å²) in [5.74, 6) is 0.426. The Bertz CT molecular complexity index is 405. The van der Waals surface area contributed by atoms with Crippen LogP contribution >= 0.6 is 11.8 Å². The van der Waals surface area contributed by atoms with Crippen LogP contribution < -0.4 is 0 Å². The highest BCUT2D eigenvalue weighted by molar-refractivity contribution is 8.00. The van der Waals surface area contributed by atoms with E-state index in [-0.39, 0.29) is 5.82 Å². The minimum Gasteiger partial charge on any atom is -0.298 e. The van der Waals surface area contributed by atoms with E-state index in [2.05, 4.69) is 6.92 Å². The molecule has 1 aliphatic rings. The molecular formula is C14H17FOS. The molecule has 1 saturated carbocycles. The van der Waals surface area contributed by atoms with Crippen molar-refractivity contribution in [1.82, 2.24) is 0 Å². The Morgan fingerprint density at radius 2 is 2.24 bits per heavy atom. The lowest BCUT2D eigenvalue weighted by Crippen LogP contribution is -2.15. The first-order valence-electron chi connectivity index (χ1n) is 6.10. The van der Waals surface area contributed by atoms with Crippen molar-refractivity contribution in [2.75, 3.05) is 0 Å². The molecule has 0 aliphatic heterocycles. The number of hydrogen-bond acceptors (Lipinski definition) is 2. The summed E-state index contributed by atoms with van der Waals surface area (Å²) in [5.41, 5.74) is 0.480. The molecule has 2 rings (SSSR count). The maximum atomic E-state index is 13.0. The molecule has 1 aliphatic carbocycles. The lowest BCUT2D eigenvalue weighted by molar-refractivity contribution is 0.112. The summed E-state index contributed by atoms with van der Waals surface area (Å²) < 4.78 is 13.0. The van der Waals surface area contributed by atoms with E-state index in [4.69, 9.17) is 0 Å². The first-order valence-corrected chi connectivity index (χ1v) is 6.98. The van der Waals surface area contributed by atoms with Crippen LogP contribution in [0.3, 0.4) is 0 Å². The molecule has 17 heavy (non-hydrogen) atoms. The third kappa shape index (κ3) is 3.32. The van der Waals surface area contributed by atoms with E-state index in [1.807, 2.05) is 0 Å². The van der Waals surface area contributed by atoms with Crippen LogP contribution in [0.25, 0.3) is 0 Å². The molecular weight excluding hydrogens is 235 g/mol. The number of carbonyl (C=O) groups is 1. The number of aldehydes is 1. The van der Waals surface area contributed by atoms with Crippen molar-refractivity contribution >= 4 is 18.0 Å². The number of halogens is 1. The molecule has 0 aromatic heterocycles. The van der Waals surface area contributed by atoms with Gasteiger partial charge in [0.1, 0.15) is 5.82 Å². The van der Waals surface area contributed by atoms with E-state index >= 15 is 0 Å². The number of benzene rings is 1. The summed E-state index contributed by atoms with van der Waals surface area (Å²) in [7, 11) is 0. The van der Waals surface area contributed by atoms with Gasteiger partial charge in [-0.1, -0.05) is 19.8 Å². The fourth-order valence-corrected chi connectivity index (χ4v) is 3.84. The van der Waals surface area contributed by atoms with Crippen LogP contribution in [0.2, 0.25) is 0 Å². The molecule has 0 N–H and O–H groups in total. The maximum absolute atomic E-state index is 13.0. The molecule has 2 unspecified atom stereocenters. The summed E-state index contributed by atoms with van der Waals surface area (Å²) >= 11 is 1.73. The molecule has 2 atom stereocenters. The van der Waals surface area contributed by atoms with Crippen molar-refractivity contribution < 1.29 is 9.18 Å². The van der Waals surface area contributed by atoms with Crippen molar-refractivity contribution in [3.63, 3.8) is 0 Å². The SMILES string of the molecule is CC1CCCC(Sc2ccc(F)cc2C=O)C1. The maximum Gasteiger partial charge on any atom is 0.151 e. The van der Waals surface area contributed by atoms with E-state index in [0.29, 0.717) is 10.8 Å². The molecule has 0 heterocycles. The quantitative estimate of drug-likeness (QED) is 0.746. The second-order valence-electron chi connectivity index (χ2n) is 4.81. The van der Waals surface area contributed by atoms with Gasteiger partial charge in [0.15, 0.2) is 6.29 Å². The Hall–Kier alpha value is -0.830. The first kappa shape index (κ1) is 12.6. The smallest absolute Gasteiger partial charge is 0.151 e.